The molecule has 0 saturated heterocycles. The van der Waals surface area contributed by atoms with Crippen LogP contribution >= 0.6 is 0 Å². The Hall–Kier alpha value is -1.42. The second-order valence-electron chi connectivity index (χ2n) is 4.49. The van der Waals surface area contributed by atoms with Gasteiger partial charge in [-0.15, -0.1) is 0 Å². The highest BCUT2D eigenvalue weighted by Gasteiger charge is 2.16. The number of aromatic carboxylic acids is 1. The fourth-order valence-corrected chi connectivity index (χ4v) is 2.20. The van der Waals surface area contributed by atoms with Crippen LogP contribution in [0.1, 0.15) is 42.6 Å². The smallest absolute Gasteiger partial charge is 0.336 e. The van der Waals surface area contributed by atoms with E-state index in [1.54, 1.807) is 6.07 Å². The van der Waals surface area contributed by atoms with Crippen molar-refractivity contribution in [3.63, 3.8) is 0 Å². The lowest BCUT2D eigenvalue weighted by Crippen LogP contribution is -2.30. The lowest BCUT2D eigenvalue weighted by molar-refractivity contribution is 0.0693. The molecule has 3 nitrogen and oxygen atoms in total. The predicted molar refractivity (Wildman–Crippen MR) is 69.2 cm³/mol. The molecular weight excluding hydrogens is 233 g/mol. The summed E-state index contributed by atoms with van der Waals surface area (Å²) in [6.07, 6.45) is 2.02. The summed E-state index contributed by atoms with van der Waals surface area (Å²) in [6.45, 7) is 4.73. The molecule has 18 heavy (non-hydrogen) atoms. The fourth-order valence-electron chi connectivity index (χ4n) is 2.20. The maximum absolute atomic E-state index is 13.1. The molecule has 0 aliphatic carbocycles. The van der Waals surface area contributed by atoms with Crippen LogP contribution in [0.3, 0.4) is 0 Å². The van der Waals surface area contributed by atoms with Gasteiger partial charge in [-0.05, 0) is 37.6 Å². The quantitative estimate of drug-likeness (QED) is 0.846. The van der Waals surface area contributed by atoms with Crippen LogP contribution < -0.4 is 0 Å². The minimum atomic E-state index is -1.08. The molecule has 0 aliphatic heterocycles. The second-order valence-corrected chi connectivity index (χ2v) is 4.49. The summed E-state index contributed by atoms with van der Waals surface area (Å²) in [6, 6.07) is 4.36. The predicted octanol–water partition coefficient (Wildman–Crippen LogP) is 3.14. The summed E-state index contributed by atoms with van der Waals surface area (Å²) in [4.78, 5) is 13.2. The molecule has 1 rings (SSSR count). The molecular formula is C14H20FNO2. The summed E-state index contributed by atoms with van der Waals surface area (Å²) in [5, 5.41) is 9.07. The maximum atomic E-state index is 13.1. The minimum absolute atomic E-state index is 0.0489. The van der Waals surface area contributed by atoms with Crippen LogP contribution in [0, 0.1) is 5.82 Å². The van der Waals surface area contributed by atoms with Gasteiger partial charge in [0.25, 0.3) is 0 Å². The molecule has 0 aliphatic rings. The molecule has 0 heterocycles. The van der Waals surface area contributed by atoms with Crippen molar-refractivity contribution in [2.45, 2.75) is 39.3 Å². The number of halogens is 1. The van der Waals surface area contributed by atoms with Crippen LogP contribution in [0.5, 0.6) is 0 Å². The van der Waals surface area contributed by atoms with Crippen LogP contribution in [-0.4, -0.2) is 29.1 Å². The SMILES string of the molecule is CCC(CC)N(C)Cc1ccc(F)cc1C(=O)O. The molecule has 1 N–H and O–H groups in total. The Morgan fingerprint density at radius 1 is 1.39 bits per heavy atom. The van der Waals surface area contributed by atoms with Gasteiger partial charge in [-0.3, -0.25) is 4.90 Å². The van der Waals surface area contributed by atoms with E-state index in [1.807, 2.05) is 7.05 Å². The van der Waals surface area contributed by atoms with Crippen molar-refractivity contribution in [2.24, 2.45) is 0 Å². The van der Waals surface area contributed by atoms with Crippen molar-refractivity contribution in [1.82, 2.24) is 4.90 Å². The first-order valence-corrected chi connectivity index (χ1v) is 6.21. The molecule has 0 fully saturated rings. The van der Waals surface area contributed by atoms with Gasteiger partial charge in [-0.2, -0.15) is 0 Å². The zero-order valence-corrected chi connectivity index (χ0v) is 11.1. The average Bonchev–Trinajstić information content (AvgIpc) is 2.32. The Morgan fingerprint density at radius 3 is 2.50 bits per heavy atom. The Balaban J connectivity index is 2.93. The van der Waals surface area contributed by atoms with Gasteiger partial charge in [0, 0.05) is 12.6 Å². The largest absolute Gasteiger partial charge is 0.478 e. The number of carboxylic acid groups (broad SMARTS) is 1. The van der Waals surface area contributed by atoms with Gasteiger partial charge in [-0.1, -0.05) is 19.9 Å². The number of nitrogens with zero attached hydrogens (tertiary/aromatic N) is 1. The number of hydrogen-bond acceptors (Lipinski definition) is 2. The highest BCUT2D eigenvalue weighted by molar-refractivity contribution is 5.89. The van der Waals surface area contributed by atoms with E-state index < -0.39 is 11.8 Å². The standard InChI is InChI=1S/C14H20FNO2/c1-4-12(5-2)16(3)9-10-6-7-11(15)8-13(10)14(17)18/h6-8,12H,4-5,9H2,1-3H3,(H,17,18). The Labute approximate surface area is 107 Å². The topological polar surface area (TPSA) is 40.5 Å². The summed E-state index contributed by atoms with van der Waals surface area (Å²) >= 11 is 0. The monoisotopic (exact) mass is 253 g/mol. The third-order valence-corrected chi connectivity index (χ3v) is 3.29. The van der Waals surface area contributed by atoms with Crippen molar-refractivity contribution in [3.05, 3.63) is 35.1 Å². The summed E-state index contributed by atoms with van der Waals surface area (Å²) in [5.74, 6) is -1.59. The summed E-state index contributed by atoms with van der Waals surface area (Å²) < 4.78 is 13.1. The van der Waals surface area contributed by atoms with Gasteiger partial charge >= 0.3 is 5.97 Å². The molecule has 0 saturated carbocycles. The first-order valence-electron chi connectivity index (χ1n) is 6.21. The first kappa shape index (κ1) is 14.6. The maximum Gasteiger partial charge on any atom is 0.336 e. The molecule has 1 aromatic rings. The third kappa shape index (κ3) is 3.53. The van der Waals surface area contributed by atoms with Gasteiger partial charge in [0.2, 0.25) is 0 Å². The molecule has 0 bridgehead atoms. The summed E-state index contributed by atoms with van der Waals surface area (Å²) in [7, 11) is 1.96. The Morgan fingerprint density at radius 2 is 2.00 bits per heavy atom. The highest BCUT2D eigenvalue weighted by atomic mass is 19.1. The van der Waals surface area contributed by atoms with Crippen LogP contribution in [0.4, 0.5) is 4.39 Å². The van der Waals surface area contributed by atoms with Crippen molar-refractivity contribution >= 4 is 5.97 Å². The van der Waals surface area contributed by atoms with Gasteiger partial charge < -0.3 is 5.11 Å². The van der Waals surface area contributed by atoms with E-state index in [1.165, 1.54) is 6.07 Å². The van der Waals surface area contributed by atoms with E-state index in [0.717, 1.165) is 18.9 Å². The zero-order chi connectivity index (χ0) is 13.7. The fraction of sp³-hybridized carbons (Fsp3) is 0.500. The van der Waals surface area contributed by atoms with Crippen molar-refractivity contribution in [2.75, 3.05) is 7.05 Å². The van der Waals surface area contributed by atoms with Crippen LogP contribution in [-0.2, 0) is 6.54 Å². The molecule has 0 atom stereocenters. The van der Waals surface area contributed by atoms with Crippen molar-refractivity contribution < 1.29 is 14.3 Å². The number of hydrogen-bond donors (Lipinski definition) is 1. The Kier molecular flexibility index (Phi) is 5.28. The molecule has 4 heteroatoms. The third-order valence-electron chi connectivity index (χ3n) is 3.29. The minimum Gasteiger partial charge on any atom is -0.478 e. The number of carboxylic acids is 1. The molecule has 0 amide bonds. The molecule has 0 spiro atoms. The first-order chi connectivity index (χ1) is 8.49. The average molecular weight is 253 g/mol. The van der Waals surface area contributed by atoms with Crippen molar-refractivity contribution in [3.8, 4) is 0 Å². The highest BCUT2D eigenvalue weighted by Crippen LogP contribution is 2.16. The van der Waals surface area contributed by atoms with E-state index in [-0.39, 0.29) is 5.56 Å². The van der Waals surface area contributed by atoms with E-state index >= 15 is 0 Å². The van der Waals surface area contributed by atoms with Gasteiger partial charge in [-0.25, -0.2) is 9.18 Å². The lowest BCUT2D eigenvalue weighted by atomic mass is 10.0. The van der Waals surface area contributed by atoms with E-state index in [2.05, 4.69) is 18.7 Å². The number of carbonyl (C=O) groups is 1. The Bertz CT molecular complexity index is 416. The van der Waals surface area contributed by atoms with Crippen LogP contribution in [0.2, 0.25) is 0 Å². The van der Waals surface area contributed by atoms with Crippen LogP contribution in [0.15, 0.2) is 18.2 Å². The van der Waals surface area contributed by atoms with E-state index in [0.29, 0.717) is 18.2 Å². The van der Waals surface area contributed by atoms with Gasteiger partial charge in [0.15, 0.2) is 0 Å². The molecule has 0 aromatic heterocycles. The molecule has 100 valence electrons. The van der Waals surface area contributed by atoms with Gasteiger partial charge in [0.1, 0.15) is 5.82 Å². The van der Waals surface area contributed by atoms with E-state index in [4.69, 9.17) is 5.11 Å². The van der Waals surface area contributed by atoms with Gasteiger partial charge in [0.05, 0.1) is 5.56 Å². The number of benzene rings is 1. The van der Waals surface area contributed by atoms with Crippen molar-refractivity contribution in [1.29, 1.82) is 0 Å². The second kappa shape index (κ2) is 6.50. The molecule has 1 aromatic carbocycles. The molecule has 0 radical (unpaired) electrons. The normalized spacial score (nSPS) is 11.2. The lowest BCUT2D eigenvalue weighted by Gasteiger charge is -2.26. The van der Waals surface area contributed by atoms with Crippen LogP contribution in [0.25, 0.3) is 0 Å². The molecule has 0 unspecified atom stereocenters. The summed E-state index contributed by atoms with van der Waals surface area (Å²) in [5.41, 5.74) is 0.700. The van der Waals surface area contributed by atoms with E-state index in [9.17, 15) is 9.18 Å². The number of rotatable bonds is 6. The zero-order valence-electron chi connectivity index (χ0n) is 11.1.